The van der Waals surface area contributed by atoms with Gasteiger partial charge in [0.15, 0.2) is 0 Å². The molecule has 1 aromatic rings. The molecule has 1 unspecified atom stereocenters. The SMILES string of the molecule is CCC(C)CC(=O)N(CCC(=O)O)c1ccccc1. The standard InChI is InChI=1S/C15H21NO3/c1-3-12(2)11-14(17)16(10-9-15(18)19)13-7-5-4-6-8-13/h4-8,12H,3,9-11H2,1-2H3,(H,18,19). The summed E-state index contributed by atoms with van der Waals surface area (Å²) < 4.78 is 0. The number of rotatable bonds is 7. The van der Waals surface area contributed by atoms with Crippen LogP contribution in [0.3, 0.4) is 0 Å². The quantitative estimate of drug-likeness (QED) is 0.822. The summed E-state index contributed by atoms with van der Waals surface area (Å²) in [5.41, 5.74) is 0.761. The van der Waals surface area contributed by atoms with Crippen molar-refractivity contribution >= 4 is 17.6 Å². The molecule has 104 valence electrons. The number of carboxylic acids is 1. The number of carboxylic acid groups (broad SMARTS) is 1. The van der Waals surface area contributed by atoms with E-state index in [1.165, 1.54) is 0 Å². The Morgan fingerprint density at radius 3 is 2.42 bits per heavy atom. The molecule has 1 rings (SSSR count). The van der Waals surface area contributed by atoms with Crippen molar-refractivity contribution in [1.29, 1.82) is 0 Å². The van der Waals surface area contributed by atoms with Crippen molar-refractivity contribution in [2.45, 2.75) is 33.1 Å². The largest absolute Gasteiger partial charge is 0.481 e. The number of carbonyl (C=O) groups excluding carboxylic acids is 1. The Balaban J connectivity index is 2.80. The normalized spacial score (nSPS) is 11.9. The van der Waals surface area contributed by atoms with Gasteiger partial charge in [-0.05, 0) is 18.1 Å². The van der Waals surface area contributed by atoms with Crippen LogP contribution in [0.1, 0.15) is 33.1 Å². The lowest BCUT2D eigenvalue weighted by Gasteiger charge is -2.23. The zero-order chi connectivity index (χ0) is 14.3. The van der Waals surface area contributed by atoms with Crippen LogP contribution in [0.15, 0.2) is 30.3 Å². The van der Waals surface area contributed by atoms with Crippen molar-refractivity contribution in [2.24, 2.45) is 5.92 Å². The summed E-state index contributed by atoms with van der Waals surface area (Å²) in [6.07, 6.45) is 1.35. The molecule has 0 heterocycles. The van der Waals surface area contributed by atoms with Crippen molar-refractivity contribution in [1.82, 2.24) is 0 Å². The highest BCUT2D eigenvalue weighted by molar-refractivity contribution is 5.93. The number of para-hydroxylation sites is 1. The zero-order valence-corrected chi connectivity index (χ0v) is 11.5. The van der Waals surface area contributed by atoms with Crippen LogP contribution in [0, 0.1) is 5.92 Å². The van der Waals surface area contributed by atoms with Crippen LogP contribution in [0.2, 0.25) is 0 Å². The Labute approximate surface area is 114 Å². The van der Waals surface area contributed by atoms with Gasteiger partial charge in [0.1, 0.15) is 0 Å². The van der Waals surface area contributed by atoms with Gasteiger partial charge in [-0.2, -0.15) is 0 Å². The fourth-order valence-corrected chi connectivity index (χ4v) is 1.77. The summed E-state index contributed by atoms with van der Waals surface area (Å²) in [7, 11) is 0. The van der Waals surface area contributed by atoms with E-state index in [1.807, 2.05) is 44.2 Å². The molecule has 4 nitrogen and oxygen atoms in total. The maximum absolute atomic E-state index is 12.3. The number of hydrogen-bond donors (Lipinski definition) is 1. The molecular formula is C15H21NO3. The van der Waals surface area contributed by atoms with E-state index >= 15 is 0 Å². The molecule has 0 radical (unpaired) electrons. The second-order valence-corrected chi connectivity index (χ2v) is 4.74. The topological polar surface area (TPSA) is 57.6 Å². The van der Waals surface area contributed by atoms with E-state index in [0.29, 0.717) is 12.3 Å². The van der Waals surface area contributed by atoms with Crippen LogP contribution < -0.4 is 4.90 Å². The predicted molar refractivity (Wildman–Crippen MR) is 75.1 cm³/mol. The number of aliphatic carboxylic acids is 1. The van der Waals surface area contributed by atoms with Crippen LogP contribution >= 0.6 is 0 Å². The molecule has 1 aromatic carbocycles. The van der Waals surface area contributed by atoms with Gasteiger partial charge in [0.05, 0.1) is 6.42 Å². The smallest absolute Gasteiger partial charge is 0.305 e. The fourth-order valence-electron chi connectivity index (χ4n) is 1.77. The van der Waals surface area contributed by atoms with Crippen LogP contribution in [-0.4, -0.2) is 23.5 Å². The van der Waals surface area contributed by atoms with E-state index in [4.69, 9.17) is 5.11 Å². The molecule has 1 amide bonds. The molecule has 19 heavy (non-hydrogen) atoms. The van der Waals surface area contributed by atoms with E-state index in [1.54, 1.807) is 4.90 Å². The van der Waals surface area contributed by atoms with Gasteiger partial charge < -0.3 is 10.0 Å². The highest BCUT2D eigenvalue weighted by Crippen LogP contribution is 2.17. The first-order chi connectivity index (χ1) is 9.04. The first-order valence-electron chi connectivity index (χ1n) is 6.61. The predicted octanol–water partition coefficient (Wildman–Crippen LogP) is 2.93. The van der Waals surface area contributed by atoms with Gasteiger partial charge in [-0.3, -0.25) is 9.59 Å². The number of nitrogens with zero attached hydrogens (tertiary/aromatic N) is 1. The van der Waals surface area contributed by atoms with Crippen molar-refractivity contribution in [3.05, 3.63) is 30.3 Å². The molecule has 0 aliphatic carbocycles. The number of anilines is 1. The lowest BCUT2D eigenvalue weighted by Crippen LogP contribution is -2.33. The van der Waals surface area contributed by atoms with Crippen LogP contribution in [0.25, 0.3) is 0 Å². The third-order valence-electron chi connectivity index (χ3n) is 3.14. The van der Waals surface area contributed by atoms with E-state index < -0.39 is 5.97 Å². The molecule has 0 aliphatic rings. The van der Waals surface area contributed by atoms with E-state index in [9.17, 15) is 9.59 Å². The molecule has 0 aliphatic heterocycles. The van der Waals surface area contributed by atoms with Gasteiger partial charge in [0, 0.05) is 18.7 Å². The number of amides is 1. The summed E-state index contributed by atoms with van der Waals surface area (Å²) in [5, 5.41) is 8.78. The van der Waals surface area contributed by atoms with Gasteiger partial charge >= 0.3 is 5.97 Å². The summed E-state index contributed by atoms with van der Waals surface area (Å²) in [6.45, 7) is 4.29. The van der Waals surface area contributed by atoms with Crippen molar-refractivity contribution in [3.8, 4) is 0 Å². The Kier molecular flexibility index (Phi) is 6.06. The Morgan fingerprint density at radius 1 is 1.26 bits per heavy atom. The van der Waals surface area contributed by atoms with Gasteiger partial charge in [0.25, 0.3) is 0 Å². The molecular weight excluding hydrogens is 242 g/mol. The van der Waals surface area contributed by atoms with Gasteiger partial charge in [0.2, 0.25) is 5.91 Å². The Bertz CT molecular complexity index is 417. The van der Waals surface area contributed by atoms with Crippen molar-refractivity contribution in [3.63, 3.8) is 0 Å². The minimum atomic E-state index is -0.891. The highest BCUT2D eigenvalue weighted by Gasteiger charge is 2.18. The molecule has 1 atom stereocenters. The molecule has 0 saturated carbocycles. The molecule has 0 spiro atoms. The van der Waals surface area contributed by atoms with Crippen LogP contribution in [-0.2, 0) is 9.59 Å². The third kappa shape index (κ3) is 5.12. The lowest BCUT2D eigenvalue weighted by molar-refractivity contribution is -0.136. The summed E-state index contributed by atoms with van der Waals surface area (Å²) in [6, 6.07) is 9.23. The average Bonchev–Trinajstić information content (AvgIpc) is 2.39. The number of benzene rings is 1. The minimum absolute atomic E-state index is 0.0122. The molecule has 0 saturated heterocycles. The van der Waals surface area contributed by atoms with Crippen molar-refractivity contribution < 1.29 is 14.7 Å². The minimum Gasteiger partial charge on any atom is -0.481 e. The molecule has 0 aromatic heterocycles. The maximum atomic E-state index is 12.3. The third-order valence-corrected chi connectivity index (χ3v) is 3.14. The van der Waals surface area contributed by atoms with E-state index in [2.05, 4.69) is 0 Å². The zero-order valence-electron chi connectivity index (χ0n) is 11.5. The first kappa shape index (κ1) is 15.2. The summed E-state index contributed by atoms with van der Waals surface area (Å²) >= 11 is 0. The average molecular weight is 263 g/mol. The fraction of sp³-hybridized carbons (Fsp3) is 0.467. The van der Waals surface area contributed by atoms with Crippen LogP contribution in [0.5, 0.6) is 0 Å². The number of hydrogen-bond acceptors (Lipinski definition) is 2. The van der Waals surface area contributed by atoms with Crippen molar-refractivity contribution in [2.75, 3.05) is 11.4 Å². The van der Waals surface area contributed by atoms with Gasteiger partial charge in [-0.15, -0.1) is 0 Å². The van der Waals surface area contributed by atoms with E-state index in [-0.39, 0.29) is 18.9 Å². The monoisotopic (exact) mass is 263 g/mol. The lowest BCUT2D eigenvalue weighted by atomic mass is 10.0. The molecule has 0 bridgehead atoms. The second kappa shape index (κ2) is 7.56. The maximum Gasteiger partial charge on any atom is 0.305 e. The Morgan fingerprint density at radius 2 is 1.89 bits per heavy atom. The molecule has 4 heteroatoms. The highest BCUT2D eigenvalue weighted by atomic mass is 16.4. The van der Waals surface area contributed by atoms with Gasteiger partial charge in [-0.25, -0.2) is 0 Å². The summed E-state index contributed by atoms with van der Waals surface area (Å²) in [4.78, 5) is 24.5. The van der Waals surface area contributed by atoms with Gasteiger partial charge in [-0.1, -0.05) is 38.5 Å². The van der Waals surface area contributed by atoms with E-state index in [0.717, 1.165) is 12.1 Å². The molecule has 1 N–H and O–H groups in total. The van der Waals surface area contributed by atoms with Crippen LogP contribution in [0.4, 0.5) is 5.69 Å². The molecule has 0 fully saturated rings. The second-order valence-electron chi connectivity index (χ2n) is 4.74. The summed E-state index contributed by atoms with van der Waals surface area (Å²) in [5.74, 6) is -0.595. The first-order valence-corrected chi connectivity index (χ1v) is 6.61. The number of carbonyl (C=O) groups is 2. The Hall–Kier alpha value is -1.84.